The molecule has 1 aromatic heterocycles. The highest BCUT2D eigenvalue weighted by molar-refractivity contribution is 7.12. The lowest BCUT2D eigenvalue weighted by atomic mass is 10.3. The number of hydrogen-bond donors (Lipinski definition) is 1. The smallest absolute Gasteiger partial charge is 0.305 e. The van der Waals surface area contributed by atoms with E-state index < -0.39 is 5.97 Å². The largest absolute Gasteiger partial charge is 0.481 e. The fraction of sp³-hybridized carbons (Fsp3) is 0.571. The van der Waals surface area contributed by atoms with E-state index in [1.165, 1.54) is 11.3 Å². The van der Waals surface area contributed by atoms with Gasteiger partial charge in [-0.1, -0.05) is 6.07 Å². The van der Waals surface area contributed by atoms with Crippen LogP contribution in [0.1, 0.15) is 36.4 Å². The molecule has 0 aliphatic heterocycles. The van der Waals surface area contributed by atoms with Gasteiger partial charge in [-0.15, -0.1) is 11.3 Å². The Morgan fingerprint density at radius 1 is 1.40 bits per heavy atom. The normalized spacial score (nSPS) is 10.8. The Morgan fingerprint density at radius 3 is 2.70 bits per heavy atom. The highest BCUT2D eigenvalue weighted by Crippen LogP contribution is 2.13. The van der Waals surface area contributed by atoms with Gasteiger partial charge in [0.1, 0.15) is 0 Å². The third kappa shape index (κ3) is 6.16. The van der Waals surface area contributed by atoms with E-state index in [4.69, 9.17) is 9.84 Å². The van der Waals surface area contributed by atoms with Crippen LogP contribution in [0.3, 0.4) is 0 Å². The van der Waals surface area contributed by atoms with Crippen LogP contribution in [0.4, 0.5) is 0 Å². The number of carboxylic acid groups (broad SMARTS) is 1. The number of aliphatic carboxylic acids is 1. The minimum Gasteiger partial charge on any atom is -0.481 e. The minimum atomic E-state index is -0.896. The summed E-state index contributed by atoms with van der Waals surface area (Å²) in [4.78, 5) is 25.1. The highest BCUT2D eigenvalue weighted by Gasteiger charge is 2.17. The fourth-order valence-corrected chi connectivity index (χ4v) is 2.37. The molecule has 0 unspecified atom stereocenters. The number of carbonyl (C=O) groups is 2. The standard InChI is InChI=1S/C14H21NO4S/c1-11(2)19-9-4-7-15(8-6-13(16)17)14(18)12-5-3-10-20-12/h3,5,10-11H,4,6-9H2,1-2H3,(H,16,17). The Bertz CT molecular complexity index is 417. The second kappa shape index (κ2) is 8.71. The molecule has 1 N–H and O–H groups in total. The van der Waals surface area contributed by atoms with Crippen molar-refractivity contribution in [3.63, 3.8) is 0 Å². The molecule has 0 saturated heterocycles. The van der Waals surface area contributed by atoms with E-state index in [2.05, 4.69) is 0 Å². The average molecular weight is 299 g/mol. The Morgan fingerprint density at radius 2 is 2.15 bits per heavy atom. The summed E-state index contributed by atoms with van der Waals surface area (Å²) in [7, 11) is 0. The van der Waals surface area contributed by atoms with Gasteiger partial charge in [0.05, 0.1) is 17.4 Å². The molecule has 112 valence electrons. The number of amides is 1. The molecule has 1 amide bonds. The van der Waals surface area contributed by atoms with Crippen molar-refractivity contribution in [1.82, 2.24) is 4.90 Å². The number of hydrogen-bond acceptors (Lipinski definition) is 4. The number of rotatable bonds is 9. The highest BCUT2D eigenvalue weighted by atomic mass is 32.1. The molecule has 0 aliphatic rings. The topological polar surface area (TPSA) is 66.8 Å². The minimum absolute atomic E-state index is 0.0395. The molecule has 0 aromatic carbocycles. The van der Waals surface area contributed by atoms with Gasteiger partial charge < -0.3 is 14.7 Å². The zero-order valence-corrected chi connectivity index (χ0v) is 12.7. The van der Waals surface area contributed by atoms with Crippen LogP contribution in [0.25, 0.3) is 0 Å². The lowest BCUT2D eigenvalue weighted by Gasteiger charge is -2.21. The maximum Gasteiger partial charge on any atom is 0.305 e. The first kappa shape index (κ1) is 16.7. The summed E-state index contributed by atoms with van der Waals surface area (Å²) in [6, 6.07) is 3.57. The monoisotopic (exact) mass is 299 g/mol. The van der Waals surface area contributed by atoms with E-state index in [0.717, 1.165) is 0 Å². The number of ether oxygens (including phenoxy) is 1. The van der Waals surface area contributed by atoms with Crippen LogP contribution in [0, 0.1) is 0 Å². The Hall–Kier alpha value is -1.40. The van der Waals surface area contributed by atoms with E-state index in [1.54, 1.807) is 11.0 Å². The number of thiophene rings is 1. The molecular weight excluding hydrogens is 278 g/mol. The van der Waals surface area contributed by atoms with Crippen molar-refractivity contribution in [2.45, 2.75) is 32.8 Å². The van der Waals surface area contributed by atoms with E-state index >= 15 is 0 Å². The third-order valence-electron chi connectivity index (χ3n) is 2.64. The van der Waals surface area contributed by atoms with Crippen molar-refractivity contribution in [2.75, 3.05) is 19.7 Å². The van der Waals surface area contributed by atoms with Gasteiger partial charge in [-0.05, 0) is 31.7 Å². The number of carboxylic acids is 1. The Kier molecular flexibility index (Phi) is 7.25. The fourth-order valence-electron chi connectivity index (χ4n) is 1.68. The van der Waals surface area contributed by atoms with Gasteiger partial charge in [-0.3, -0.25) is 9.59 Å². The summed E-state index contributed by atoms with van der Waals surface area (Å²) in [5.41, 5.74) is 0. The molecule has 0 aliphatic carbocycles. The van der Waals surface area contributed by atoms with Crippen LogP contribution in [-0.2, 0) is 9.53 Å². The Balaban J connectivity index is 2.51. The number of nitrogens with zero attached hydrogens (tertiary/aromatic N) is 1. The summed E-state index contributed by atoms with van der Waals surface area (Å²) in [5.74, 6) is -1.00. The first-order chi connectivity index (χ1) is 9.50. The van der Waals surface area contributed by atoms with Crippen molar-refractivity contribution in [1.29, 1.82) is 0 Å². The molecule has 1 heterocycles. The molecule has 0 saturated carbocycles. The zero-order chi connectivity index (χ0) is 15.0. The summed E-state index contributed by atoms with van der Waals surface area (Å²) in [6.07, 6.45) is 0.826. The average Bonchev–Trinajstić information content (AvgIpc) is 2.90. The summed E-state index contributed by atoms with van der Waals surface area (Å²) in [6.45, 7) is 5.22. The zero-order valence-electron chi connectivity index (χ0n) is 11.9. The quantitative estimate of drug-likeness (QED) is 0.711. The van der Waals surface area contributed by atoms with Crippen LogP contribution in [0.2, 0.25) is 0 Å². The Labute approximate surface area is 123 Å². The molecule has 1 aromatic rings. The first-order valence-electron chi connectivity index (χ1n) is 6.67. The molecule has 0 atom stereocenters. The SMILES string of the molecule is CC(C)OCCCN(CCC(=O)O)C(=O)c1cccs1. The lowest BCUT2D eigenvalue weighted by Crippen LogP contribution is -2.34. The van der Waals surface area contributed by atoms with Gasteiger partial charge in [0.15, 0.2) is 0 Å². The predicted octanol–water partition coefficient (Wildman–Crippen LogP) is 2.48. The molecule has 1 rings (SSSR count). The van der Waals surface area contributed by atoms with Crippen LogP contribution >= 0.6 is 11.3 Å². The molecule has 0 spiro atoms. The molecule has 20 heavy (non-hydrogen) atoms. The van der Waals surface area contributed by atoms with E-state index in [0.29, 0.717) is 24.4 Å². The third-order valence-corrected chi connectivity index (χ3v) is 3.50. The van der Waals surface area contributed by atoms with Crippen molar-refractivity contribution >= 4 is 23.2 Å². The van der Waals surface area contributed by atoms with Crippen LogP contribution in [-0.4, -0.2) is 47.7 Å². The van der Waals surface area contributed by atoms with Gasteiger partial charge in [0.2, 0.25) is 0 Å². The van der Waals surface area contributed by atoms with E-state index in [9.17, 15) is 9.59 Å². The molecule has 5 nitrogen and oxygen atoms in total. The summed E-state index contributed by atoms with van der Waals surface area (Å²) >= 11 is 1.37. The second-order valence-corrected chi connectivity index (χ2v) is 5.63. The van der Waals surface area contributed by atoms with Crippen LogP contribution < -0.4 is 0 Å². The number of carbonyl (C=O) groups excluding carboxylic acids is 1. The predicted molar refractivity (Wildman–Crippen MR) is 78.2 cm³/mol. The first-order valence-corrected chi connectivity index (χ1v) is 7.55. The summed E-state index contributed by atoms with van der Waals surface area (Å²) < 4.78 is 5.44. The van der Waals surface area contributed by atoms with Gasteiger partial charge in [0, 0.05) is 19.7 Å². The van der Waals surface area contributed by atoms with Crippen molar-refractivity contribution in [3.8, 4) is 0 Å². The van der Waals surface area contributed by atoms with E-state index in [-0.39, 0.29) is 25.0 Å². The molecule has 6 heteroatoms. The summed E-state index contributed by atoms with van der Waals surface area (Å²) in [5, 5.41) is 10.6. The molecule has 0 radical (unpaired) electrons. The molecular formula is C14H21NO4S. The van der Waals surface area contributed by atoms with Gasteiger partial charge in [-0.2, -0.15) is 0 Å². The van der Waals surface area contributed by atoms with Gasteiger partial charge in [0.25, 0.3) is 5.91 Å². The second-order valence-electron chi connectivity index (χ2n) is 4.69. The lowest BCUT2D eigenvalue weighted by molar-refractivity contribution is -0.137. The maximum atomic E-state index is 12.2. The molecule has 0 bridgehead atoms. The van der Waals surface area contributed by atoms with Gasteiger partial charge >= 0.3 is 5.97 Å². The van der Waals surface area contributed by atoms with Crippen molar-refractivity contribution in [3.05, 3.63) is 22.4 Å². The van der Waals surface area contributed by atoms with Crippen LogP contribution in [0.15, 0.2) is 17.5 Å². The van der Waals surface area contributed by atoms with Crippen LogP contribution in [0.5, 0.6) is 0 Å². The van der Waals surface area contributed by atoms with Crippen molar-refractivity contribution < 1.29 is 19.4 Å². The van der Waals surface area contributed by atoms with Gasteiger partial charge in [-0.25, -0.2) is 0 Å². The van der Waals surface area contributed by atoms with Crippen molar-refractivity contribution in [2.24, 2.45) is 0 Å². The van der Waals surface area contributed by atoms with E-state index in [1.807, 2.05) is 25.3 Å². The molecule has 0 fully saturated rings. The maximum absolute atomic E-state index is 12.2.